The fourth-order valence-electron chi connectivity index (χ4n) is 2.14. The number of nitrogens with zero attached hydrogens (tertiary/aromatic N) is 2. The van der Waals surface area contributed by atoms with Crippen molar-refractivity contribution in [3.05, 3.63) is 77.2 Å². The number of rotatable bonds is 5. The highest BCUT2D eigenvalue weighted by Crippen LogP contribution is 2.18. The van der Waals surface area contributed by atoms with Gasteiger partial charge in [0.15, 0.2) is 0 Å². The first-order chi connectivity index (χ1) is 11.5. The summed E-state index contributed by atoms with van der Waals surface area (Å²) >= 11 is 3.29. The molecule has 2 aromatic heterocycles. The predicted octanol–water partition coefficient (Wildman–Crippen LogP) is 3.38. The fourth-order valence-corrected chi connectivity index (χ4v) is 3.42. The zero-order valence-electron chi connectivity index (χ0n) is 12.6. The van der Waals surface area contributed by atoms with Crippen molar-refractivity contribution in [3.8, 4) is 11.3 Å². The van der Waals surface area contributed by atoms with Crippen molar-refractivity contribution in [2.45, 2.75) is 11.4 Å². The maximum Gasteiger partial charge on any atom is 0.240 e. The topological polar surface area (TPSA) is 72.0 Å². The molecule has 122 valence electrons. The van der Waals surface area contributed by atoms with Crippen molar-refractivity contribution in [1.82, 2.24) is 14.7 Å². The van der Waals surface area contributed by atoms with Gasteiger partial charge in [-0.1, -0.05) is 15.9 Å². The van der Waals surface area contributed by atoms with Crippen LogP contribution in [0.3, 0.4) is 0 Å². The molecule has 0 atom stereocenters. The molecule has 2 heterocycles. The standard InChI is InChI=1S/C17H14BrN3O2S/c18-15-1-3-16(4-2-15)24(22,23)21-12-13-5-10-20-17(11-13)14-6-8-19-9-7-14/h1-11,21H,12H2. The van der Waals surface area contributed by atoms with E-state index in [-0.39, 0.29) is 11.4 Å². The number of sulfonamides is 1. The summed E-state index contributed by atoms with van der Waals surface area (Å²) in [4.78, 5) is 8.52. The number of hydrogen-bond donors (Lipinski definition) is 1. The van der Waals surface area contributed by atoms with E-state index in [1.807, 2.05) is 18.2 Å². The summed E-state index contributed by atoms with van der Waals surface area (Å²) in [6.07, 6.45) is 5.05. The Morgan fingerprint density at radius 3 is 2.38 bits per heavy atom. The molecular weight excluding hydrogens is 390 g/mol. The normalized spacial score (nSPS) is 11.4. The van der Waals surface area contributed by atoms with Gasteiger partial charge in [-0.2, -0.15) is 0 Å². The van der Waals surface area contributed by atoms with Crippen LogP contribution in [-0.4, -0.2) is 18.4 Å². The minimum absolute atomic E-state index is 0.193. The lowest BCUT2D eigenvalue weighted by Gasteiger charge is -2.08. The third-order valence-electron chi connectivity index (χ3n) is 3.39. The molecule has 0 saturated carbocycles. The molecule has 0 saturated heterocycles. The molecule has 0 bridgehead atoms. The molecule has 7 heteroatoms. The van der Waals surface area contributed by atoms with Crippen molar-refractivity contribution in [2.75, 3.05) is 0 Å². The Bertz CT molecular complexity index is 930. The summed E-state index contributed by atoms with van der Waals surface area (Å²) in [5, 5.41) is 0. The van der Waals surface area contributed by atoms with Gasteiger partial charge in [0.05, 0.1) is 10.6 Å². The molecular formula is C17H14BrN3O2S. The SMILES string of the molecule is O=S(=O)(NCc1ccnc(-c2ccncc2)c1)c1ccc(Br)cc1. The molecule has 1 aromatic carbocycles. The highest BCUT2D eigenvalue weighted by atomic mass is 79.9. The molecule has 1 N–H and O–H groups in total. The molecule has 0 unspecified atom stereocenters. The largest absolute Gasteiger partial charge is 0.265 e. The molecule has 0 radical (unpaired) electrons. The van der Waals surface area contributed by atoms with Crippen LogP contribution >= 0.6 is 15.9 Å². The lowest BCUT2D eigenvalue weighted by molar-refractivity contribution is 0.581. The Balaban J connectivity index is 1.76. The molecule has 0 spiro atoms. The minimum Gasteiger partial charge on any atom is -0.265 e. The van der Waals surface area contributed by atoms with Gasteiger partial charge in [-0.3, -0.25) is 9.97 Å². The van der Waals surface area contributed by atoms with Crippen LogP contribution in [-0.2, 0) is 16.6 Å². The van der Waals surface area contributed by atoms with Crippen LogP contribution in [0.15, 0.2) is 76.5 Å². The lowest BCUT2D eigenvalue weighted by Crippen LogP contribution is -2.23. The maximum atomic E-state index is 12.3. The Morgan fingerprint density at radius 2 is 1.67 bits per heavy atom. The first-order valence-corrected chi connectivity index (χ1v) is 9.43. The van der Waals surface area contributed by atoms with Gasteiger partial charge in [0.1, 0.15) is 0 Å². The van der Waals surface area contributed by atoms with Crippen LogP contribution < -0.4 is 4.72 Å². The molecule has 0 fully saturated rings. The molecule has 0 aliphatic heterocycles. The Morgan fingerprint density at radius 1 is 0.958 bits per heavy atom. The zero-order chi connectivity index (χ0) is 17.0. The van der Waals surface area contributed by atoms with E-state index >= 15 is 0 Å². The van der Waals surface area contributed by atoms with E-state index in [1.54, 1.807) is 48.9 Å². The molecule has 3 aromatic rings. The van der Waals surface area contributed by atoms with E-state index in [4.69, 9.17) is 0 Å². The molecule has 0 amide bonds. The van der Waals surface area contributed by atoms with Crippen molar-refractivity contribution in [3.63, 3.8) is 0 Å². The molecule has 0 aliphatic rings. The Labute approximate surface area is 149 Å². The summed E-state index contributed by atoms with van der Waals surface area (Å²) in [5.41, 5.74) is 2.54. The smallest absolute Gasteiger partial charge is 0.240 e. The number of nitrogens with one attached hydrogen (secondary N) is 1. The second-order valence-electron chi connectivity index (χ2n) is 5.06. The van der Waals surface area contributed by atoms with Gasteiger partial charge in [0.25, 0.3) is 0 Å². The summed E-state index contributed by atoms with van der Waals surface area (Å²) in [5.74, 6) is 0. The number of pyridine rings is 2. The average Bonchev–Trinajstić information content (AvgIpc) is 2.61. The molecule has 24 heavy (non-hydrogen) atoms. The van der Waals surface area contributed by atoms with E-state index in [9.17, 15) is 8.42 Å². The highest BCUT2D eigenvalue weighted by Gasteiger charge is 2.13. The lowest BCUT2D eigenvalue weighted by atomic mass is 10.1. The van der Waals surface area contributed by atoms with Crippen LogP contribution in [0.1, 0.15) is 5.56 Å². The molecule has 0 aliphatic carbocycles. The second kappa shape index (κ2) is 7.21. The maximum absolute atomic E-state index is 12.3. The van der Waals surface area contributed by atoms with Crippen LogP contribution in [0.5, 0.6) is 0 Å². The van der Waals surface area contributed by atoms with E-state index in [1.165, 1.54) is 0 Å². The number of aromatic nitrogens is 2. The van der Waals surface area contributed by atoms with Crippen molar-refractivity contribution >= 4 is 26.0 Å². The molecule has 3 rings (SSSR count). The summed E-state index contributed by atoms with van der Waals surface area (Å²) in [6, 6.07) is 13.9. The summed E-state index contributed by atoms with van der Waals surface area (Å²) < 4.78 is 28.1. The quantitative estimate of drug-likeness (QED) is 0.708. The summed E-state index contributed by atoms with van der Waals surface area (Å²) in [7, 11) is -3.55. The third-order valence-corrected chi connectivity index (χ3v) is 5.34. The number of benzene rings is 1. The van der Waals surface area contributed by atoms with E-state index < -0.39 is 10.0 Å². The van der Waals surface area contributed by atoms with Gasteiger partial charge in [-0.25, -0.2) is 13.1 Å². The number of hydrogen-bond acceptors (Lipinski definition) is 4. The van der Waals surface area contributed by atoms with Crippen LogP contribution in [0.25, 0.3) is 11.3 Å². The predicted molar refractivity (Wildman–Crippen MR) is 95.6 cm³/mol. The molecule has 5 nitrogen and oxygen atoms in total. The van der Waals surface area contributed by atoms with Crippen LogP contribution in [0, 0.1) is 0 Å². The number of halogens is 1. The van der Waals surface area contributed by atoms with Gasteiger partial charge < -0.3 is 0 Å². The van der Waals surface area contributed by atoms with Crippen molar-refractivity contribution in [1.29, 1.82) is 0 Å². The van der Waals surface area contributed by atoms with E-state index in [0.29, 0.717) is 0 Å². The van der Waals surface area contributed by atoms with E-state index in [0.717, 1.165) is 21.3 Å². The second-order valence-corrected chi connectivity index (χ2v) is 7.75. The summed E-state index contributed by atoms with van der Waals surface area (Å²) in [6.45, 7) is 0.193. The van der Waals surface area contributed by atoms with Gasteiger partial charge in [0, 0.05) is 35.2 Å². The van der Waals surface area contributed by atoms with Gasteiger partial charge >= 0.3 is 0 Å². The van der Waals surface area contributed by atoms with Gasteiger partial charge in [0.2, 0.25) is 10.0 Å². The van der Waals surface area contributed by atoms with Crippen LogP contribution in [0.2, 0.25) is 0 Å². The Kier molecular flexibility index (Phi) is 5.03. The van der Waals surface area contributed by atoms with Gasteiger partial charge in [-0.05, 0) is 54.1 Å². The van der Waals surface area contributed by atoms with Crippen molar-refractivity contribution < 1.29 is 8.42 Å². The zero-order valence-corrected chi connectivity index (χ0v) is 15.0. The average molecular weight is 404 g/mol. The first kappa shape index (κ1) is 16.8. The first-order valence-electron chi connectivity index (χ1n) is 7.15. The van der Waals surface area contributed by atoms with Crippen LogP contribution in [0.4, 0.5) is 0 Å². The van der Waals surface area contributed by atoms with E-state index in [2.05, 4.69) is 30.6 Å². The monoisotopic (exact) mass is 403 g/mol. The third kappa shape index (κ3) is 4.05. The Hall–Kier alpha value is -2.09. The van der Waals surface area contributed by atoms with Gasteiger partial charge in [-0.15, -0.1) is 0 Å². The van der Waals surface area contributed by atoms with Crippen molar-refractivity contribution in [2.24, 2.45) is 0 Å². The minimum atomic E-state index is -3.55. The highest BCUT2D eigenvalue weighted by molar-refractivity contribution is 9.10. The fraction of sp³-hybridized carbons (Fsp3) is 0.0588.